The molecular weight excluding hydrogens is 232 g/mol. The van der Waals surface area contributed by atoms with Crippen LogP contribution in [0.25, 0.3) is 0 Å². The zero-order valence-electron chi connectivity index (χ0n) is 12.9. The molecule has 0 fully saturated rings. The van der Waals surface area contributed by atoms with Gasteiger partial charge < -0.3 is 10.6 Å². The molecule has 0 heterocycles. The quantitative estimate of drug-likeness (QED) is 0.511. The van der Waals surface area contributed by atoms with Crippen molar-refractivity contribution in [3.8, 4) is 0 Å². The van der Waals surface area contributed by atoms with Crippen LogP contribution in [0.5, 0.6) is 0 Å². The summed E-state index contributed by atoms with van der Waals surface area (Å²) in [4.78, 5) is 0. The van der Waals surface area contributed by atoms with Crippen LogP contribution in [-0.2, 0) is 0 Å². The van der Waals surface area contributed by atoms with Crippen molar-refractivity contribution >= 4 is 0 Å². The summed E-state index contributed by atoms with van der Waals surface area (Å²) in [5, 5.41) is 6.84. The summed E-state index contributed by atoms with van der Waals surface area (Å²) in [6.45, 7) is 10.5. The first-order valence-corrected chi connectivity index (χ1v) is 7.98. The summed E-state index contributed by atoms with van der Waals surface area (Å²) >= 11 is 0. The fourth-order valence-corrected chi connectivity index (χ4v) is 2.59. The monoisotopic (exact) mass is 264 g/mol. The van der Waals surface area contributed by atoms with Gasteiger partial charge in [-0.1, -0.05) is 39.0 Å². The lowest BCUT2D eigenvalue weighted by atomic mass is 9.90. The van der Waals surface area contributed by atoms with Gasteiger partial charge in [-0.2, -0.15) is 0 Å². The summed E-state index contributed by atoms with van der Waals surface area (Å²) in [5.41, 5.74) is 1.21. The highest BCUT2D eigenvalue weighted by molar-refractivity contribution is 4.92. The van der Waals surface area contributed by atoms with E-state index >= 15 is 0 Å². The lowest BCUT2D eigenvalue weighted by Gasteiger charge is -2.18. The Labute approximate surface area is 119 Å². The predicted molar refractivity (Wildman–Crippen MR) is 85.2 cm³/mol. The summed E-state index contributed by atoms with van der Waals surface area (Å²) in [6.07, 6.45) is 13.8. The molecule has 2 heteroatoms. The molecule has 110 valence electrons. The molecule has 2 nitrogen and oxygen atoms in total. The van der Waals surface area contributed by atoms with E-state index in [1.807, 2.05) is 0 Å². The number of hydrogen-bond acceptors (Lipinski definition) is 2. The molecule has 0 aliphatic heterocycles. The number of allylic oxidation sites excluding steroid dienone is 3. The standard InChI is InChI=1S/C17H32N2/c1-15(2)18-13-14-19-16(3)11-12-17-9-7-5-4-6-8-10-17/h4-5,15,17-19H,3,6-14H2,1-2H3/b5-4+/t17-/m0/s1. The topological polar surface area (TPSA) is 24.1 Å². The van der Waals surface area contributed by atoms with Gasteiger partial charge >= 0.3 is 0 Å². The van der Waals surface area contributed by atoms with E-state index in [4.69, 9.17) is 0 Å². The van der Waals surface area contributed by atoms with Crippen LogP contribution in [0.3, 0.4) is 0 Å². The summed E-state index contributed by atoms with van der Waals surface area (Å²) in [5.74, 6) is 0.900. The Hall–Kier alpha value is -0.760. The second kappa shape index (κ2) is 10.1. The molecule has 0 bridgehead atoms. The highest BCUT2D eigenvalue weighted by Crippen LogP contribution is 2.24. The first-order valence-electron chi connectivity index (χ1n) is 7.98. The average Bonchev–Trinajstić information content (AvgIpc) is 2.33. The minimum Gasteiger partial charge on any atom is -0.388 e. The summed E-state index contributed by atoms with van der Waals surface area (Å²) in [6, 6.07) is 0.568. The van der Waals surface area contributed by atoms with E-state index in [1.165, 1.54) is 44.2 Å². The molecule has 0 aromatic carbocycles. The Balaban J connectivity index is 2.06. The van der Waals surface area contributed by atoms with Crippen LogP contribution in [-0.4, -0.2) is 19.1 Å². The van der Waals surface area contributed by atoms with Crippen molar-refractivity contribution in [1.82, 2.24) is 10.6 Å². The smallest absolute Gasteiger partial charge is 0.0269 e. The van der Waals surface area contributed by atoms with Gasteiger partial charge in [0.15, 0.2) is 0 Å². The molecule has 1 rings (SSSR count). The maximum Gasteiger partial charge on any atom is 0.0269 e. The van der Waals surface area contributed by atoms with Gasteiger partial charge in [0.2, 0.25) is 0 Å². The maximum absolute atomic E-state index is 4.14. The minimum absolute atomic E-state index is 0.568. The van der Waals surface area contributed by atoms with Crippen LogP contribution in [0.15, 0.2) is 24.4 Å². The predicted octanol–water partition coefficient (Wildman–Crippen LogP) is 4.00. The lowest BCUT2D eigenvalue weighted by Crippen LogP contribution is -2.31. The van der Waals surface area contributed by atoms with Crippen molar-refractivity contribution in [2.75, 3.05) is 13.1 Å². The normalized spacial score (nSPS) is 21.7. The minimum atomic E-state index is 0.568. The van der Waals surface area contributed by atoms with Gasteiger partial charge in [-0.15, -0.1) is 0 Å². The van der Waals surface area contributed by atoms with Crippen molar-refractivity contribution in [2.24, 2.45) is 5.92 Å². The molecule has 1 aliphatic rings. The fourth-order valence-electron chi connectivity index (χ4n) is 2.59. The molecule has 0 spiro atoms. The van der Waals surface area contributed by atoms with Crippen LogP contribution >= 0.6 is 0 Å². The Morgan fingerprint density at radius 2 is 2.00 bits per heavy atom. The van der Waals surface area contributed by atoms with Gasteiger partial charge in [-0.05, 0) is 44.4 Å². The Bertz CT molecular complexity index is 268. The third-order valence-corrected chi connectivity index (χ3v) is 3.80. The highest BCUT2D eigenvalue weighted by atomic mass is 15.0. The van der Waals surface area contributed by atoms with Crippen LogP contribution in [0.4, 0.5) is 0 Å². The lowest BCUT2D eigenvalue weighted by molar-refractivity contribution is 0.403. The maximum atomic E-state index is 4.14. The SMILES string of the molecule is C=C(CC[C@H]1CC/C=C/CCC1)NCCNC(C)C. The highest BCUT2D eigenvalue weighted by Gasteiger charge is 2.09. The number of nitrogens with one attached hydrogen (secondary N) is 2. The Kier molecular flexibility index (Phi) is 8.64. The van der Waals surface area contributed by atoms with Crippen molar-refractivity contribution in [2.45, 2.75) is 64.8 Å². The van der Waals surface area contributed by atoms with Crippen LogP contribution in [0.2, 0.25) is 0 Å². The molecule has 0 aromatic heterocycles. The van der Waals surface area contributed by atoms with Crippen LogP contribution in [0, 0.1) is 5.92 Å². The van der Waals surface area contributed by atoms with E-state index < -0.39 is 0 Å². The molecule has 0 unspecified atom stereocenters. The van der Waals surface area contributed by atoms with Crippen molar-refractivity contribution in [3.63, 3.8) is 0 Å². The van der Waals surface area contributed by atoms with Gasteiger partial charge in [0.1, 0.15) is 0 Å². The van der Waals surface area contributed by atoms with Gasteiger partial charge in [-0.25, -0.2) is 0 Å². The van der Waals surface area contributed by atoms with Gasteiger partial charge in [0.25, 0.3) is 0 Å². The van der Waals surface area contributed by atoms with Crippen molar-refractivity contribution < 1.29 is 0 Å². The summed E-state index contributed by atoms with van der Waals surface area (Å²) in [7, 11) is 0. The van der Waals surface area contributed by atoms with E-state index in [2.05, 4.69) is 43.2 Å². The summed E-state index contributed by atoms with van der Waals surface area (Å²) < 4.78 is 0. The molecule has 1 aliphatic carbocycles. The third-order valence-electron chi connectivity index (χ3n) is 3.80. The van der Waals surface area contributed by atoms with Crippen LogP contribution in [0.1, 0.15) is 58.8 Å². The van der Waals surface area contributed by atoms with E-state index in [-0.39, 0.29) is 0 Å². The molecular formula is C17H32N2. The molecule has 19 heavy (non-hydrogen) atoms. The second-order valence-corrected chi connectivity index (χ2v) is 6.02. The number of rotatable bonds is 8. The van der Waals surface area contributed by atoms with Gasteiger partial charge in [0, 0.05) is 24.8 Å². The first kappa shape index (κ1) is 16.3. The Morgan fingerprint density at radius 3 is 2.79 bits per heavy atom. The Morgan fingerprint density at radius 1 is 1.21 bits per heavy atom. The van der Waals surface area contributed by atoms with E-state index in [0.717, 1.165) is 25.4 Å². The van der Waals surface area contributed by atoms with E-state index in [9.17, 15) is 0 Å². The third kappa shape index (κ3) is 8.88. The average molecular weight is 264 g/mol. The zero-order valence-corrected chi connectivity index (χ0v) is 12.9. The number of hydrogen-bond donors (Lipinski definition) is 2. The molecule has 1 atom stereocenters. The largest absolute Gasteiger partial charge is 0.388 e. The van der Waals surface area contributed by atoms with Gasteiger partial charge in [-0.3, -0.25) is 0 Å². The molecule has 0 radical (unpaired) electrons. The van der Waals surface area contributed by atoms with Gasteiger partial charge in [0.05, 0.1) is 0 Å². The van der Waals surface area contributed by atoms with Crippen molar-refractivity contribution in [1.29, 1.82) is 0 Å². The first-order chi connectivity index (χ1) is 9.18. The molecule has 2 N–H and O–H groups in total. The molecule has 0 saturated carbocycles. The van der Waals surface area contributed by atoms with E-state index in [0.29, 0.717) is 6.04 Å². The van der Waals surface area contributed by atoms with E-state index in [1.54, 1.807) is 0 Å². The second-order valence-electron chi connectivity index (χ2n) is 6.02. The fraction of sp³-hybridized carbons (Fsp3) is 0.765. The molecule has 0 amide bonds. The van der Waals surface area contributed by atoms with Crippen molar-refractivity contribution in [3.05, 3.63) is 24.4 Å². The molecule has 0 aromatic rings. The van der Waals surface area contributed by atoms with Crippen LogP contribution < -0.4 is 10.6 Å². The zero-order chi connectivity index (χ0) is 13.9. The molecule has 0 saturated heterocycles.